The number of aromatic nitrogens is 4. The zero-order valence-electron chi connectivity index (χ0n) is 24.1. The van der Waals surface area contributed by atoms with Gasteiger partial charge in [0.15, 0.2) is 0 Å². The molecule has 3 aliphatic rings. The van der Waals surface area contributed by atoms with E-state index in [0.717, 1.165) is 52.8 Å². The van der Waals surface area contributed by atoms with Gasteiger partial charge < -0.3 is 30.0 Å². The minimum atomic E-state index is -0.0603. The van der Waals surface area contributed by atoms with E-state index in [1.54, 1.807) is 24.0 Å². The van der Waals surface area contributed by atoms with Gasteiger partial charge in [0.05, 0.1) is 25.0 Å². The largest absolute Gasteiger partial charge is 0.494 e. The fraction of sp³-hybridized carbons (Fsp3) is 0.484. The second-order valence-electron chi connectivity index (χ2n) is 12.0. The molecule has 4 aromatic heterocycles. The minimum absolute atomic E-state index is 0.000876. The van der Waals surface area contributed by atoms with E-state index in [2.05, 4.69) is 20.9 Å². The molecular formula is C31H37N7O4. The second kappa shape index (κ2) is 10.6. The molecule has 2 saturated heterocycles. The molecule has 4 aromatic rings. The van der Waals surface area contributed by atoms with Crippen LogP contribution in [0.3, 0.4) is 0 Å². The maximum atomic E-state index is 13.5. The van der Waals surface area contributed by atoms with Crippen LogP contribution < -0.4 is 20.5 Å². The molecule has 7 rings (SSSR count). The number of hydrogen-bond acceptors (Lipinski definition) is 7. The Hall–Kier alpha value is -4.12. The Morgan fingerprint density at radius 2 is 2.05 bits per heavy atom. The molecule has 2 amide bonds. The average Bonchev–Trinajstić information content (AvgIpc) is 3.46. The van der Waals surface area contributed by atoms with Crippen molar-refractivity contribution in [3.63, 3.8) is 0 Å². The molecule has 2 aliphatic heterocycles. The smallest absolute Gasteiger partial charge is 0.255 e. The van der Waals surface area contributed by atoms with Gasteiger partial charge in [0.25, 0.3) is 5.91 Å². The molecule has 3 N–H and O–H groups in total. The summed E-state index contributed by atoms with van der Waals surface area (Å²) in [6.45, 7) is 5.19. The van der Waals surface area contributed by atoms with Crippen LogP contribution in [-0.2, 0) is 11.3 Å². The van der Waals surface area contributed by atoms with Gasteiger partial charge in [0.2, 0.25) is 11.8 Å². The zero-order chi connectivity index (χ0) is 29.0. The van der Waals surface area contributed by atoms with E-state index in [1.807, 2.05) is 24.0 Å². The summed E-state index contributed by atoms with van der Waals surface area (Å²) >= 11 is 0. The Morgan fingerprint density at radius 3 is 2.79 bits per heavy atom. The van der Waals surface area contributed by atoms with Crippen molar-refractivity contribution in [3.8, 4) is 23.0 Å². The van der Waals surface area contributed by atoms with Crippen LogP contribution in [0.15, 0.2) is 30.6 Å². The molecule has 11 nitrogen and oxygen atoms in total. The fourth-order valence-corrected chi connectivity index (χ4v) is 6.39. The standard InChI is InChI=1S/C31H37N7O4/c1-18-27(35-38-15-22(12-25(41-2)28(18)38)31(40)36-9-3-4-23(32)16-36)24-11-21-7-8-33-30(29(21)37(24)14-19-5-6-19)42-17-20-10-26(39)34-13-20/h7-8,11-12,15,19-20,23H,3-6,9-10,13-14,16-17,32H2,1-2H3,(H,34,39)/t20?,23-/m1/s1. The van der Waals surface area contributed by atoms with Gasteiger partial charge in [-0.2, -0.15) is 5.10 Å². The Kier molecular flexibility index (Phi) is 6.76. The highest BCUT2D eigenvalue weighted by Crippen LogP contribution is 2.40. The highest BCUT2D eigenvalue weighted by molar-refractivity contribution is 5.96. The maximum Gasteiger partial charge on any atom is 0.255 e. The van der Waals surface area contributed by atoms with Crippen LogP contribution in [0.1, 0.15) is 48.0 Å². The molecule has 6 heterocycles. The van der Waals surface area contributed by atoms with Gasteiger partial charge in [-0.15, -0.1) is 0 Å². The zero-order valence-corrected chi connectivity index (χ0v) is 24.1. The third-order valence-corrected chi connectivity index (χ3v) is 8.81. The van der Waals surface area contributed by atoms with Crippen molar-refractivity contribution in [1.82, 2.24) is 29.4 Å². The number of aryl methyl sites for hydroxylation is 1. The third kappa shape index (κ3) is 4.85. The van der Waals surface area contributed by atoms with Crippen molar-refractivity contribution in [2.24, 2.45) is 17.6 Å². The average molecular weight is 572 g/mol. The first kappa shape index (κ1) is 26.8. The molecule has 3 fully saturated rings. The summed E-state index contributed by atoms with van der Waals surface area (Å²) in [6.07, 6.45) is 8.26. The number of nitrogens with two attached hydrogens (primary N) is 1. The number of pyridine rings is 2. The van der Waals surface area contributed by atoms with Crippen molar-refractivity contribution in [2.45, 2.75) is 51.6 Å². The van der Waals surface area contributed by atoms with Crippen LogP contribution in [0.25, 0.3) is 27.8 Å². The molecule has 0 bridgehead atoms. The summed E-state index contributed by atoms with van der Waals surface area (Å²) in [5.74, 6) is 1.91. The number of nitrogens with zero attached hydrogens (tertiary/aromatic N) is 5. The van der Waals surface area contributed by atoms with Crippen molar-refractivity contribution in [2.75, 3.05) is 33.4 Å². The summed E-state index contributed by atoms with van der Waals surface area (Å²) in [7, 11) is 1.62. The van der Waals surface area contributed by atoms with Gasteiger partial charge in [-0.3, -0.25) is 9.59 Å². The Balaban J connectivity index is 1.30. The number of rotatable bonds is 8. The van der Waals surface area contributed by atoms with Gasteiger partial charge >= 0.3 is 0 Å². The topological polar surface area (TPSA) is 129 Å². The summed E-state index contributed by atoms with van der Waals surface area (Å²) in [5.41, 5.74) is 11.2. The molecule has 0 radical (unpaired) electrons. The number of fused-ring (bicyclic) bond motifs is 2. The lowest BCUT2D eigenvalue weighted by molar-refractivity contribution is -0.119. The predicted octanol–water partition coefficient (Wildman–Crippen LogP) is 3.16. The molecule has 0 aromatic carbocycles. The molecule has 1 unspecified atom stereocenters. The SMILES string of the molecule is COc1cc(C(=O)N2CCC[C@@H](N)C2)cn2nc(-c3cc4ccnc(OCC5CNC(=O)C5)c4n3CC3CC3)c(C)c12. The molecule has 42 heavy (non-hydrogen) atoms. The van der Waals surface area contributed by atoms with E-state index >= 15 is 0 Å². The van der Waals surface area contributed by atoms with E-state index in [4.69, 9.17) is 20.3 Å². The van der Waals surface area contributed by atoms with Crippen LogP contribution in [0.4, 0.5) is 0 Å². The molecule has 1 saturated carbocycles. The monoisotopic (exact) mass is 571 g/mol. The highest BCUT2D eigenvalue weighted by Gasteiger charge is 2.29. The number of nitrogens with one attached hydrogen (secondary N) is 1. The number of likely N-dealkylation sites (tertiary alicyclic amines) is 1. The van der Waals surface area contributed by atoms with E-state index in [1.165, 1.54) is 12.8 Å². The first-order valence-electron chi connectivity index (χ1n) is 14.9. The number of ether oxygens (including phenoxy) is 2. The van der Waals surface area contributed by atoms with Crippen LogP contribution in [-0.4, -0.2) is 75.3 Å². The summed E-state index contributed by atoms with van der Waals surface area (Å²) in [4.78, 5) is 31.6. The van der Waals surface area contributed by atoms with Crippen molar-refractivity contribution >= 4 is 28.2 Å². The molecule has 11 heteroatoms. The number of carbonyl (C=O) groups is 2. The van der Waals surface area contributed by atoms with E-state index < -0.39 is 0 Å². The lowest BCUT2D eigenvalue weighted by Gasteiger charge is -2.30. The number of methoxy groups -OCH3 is 1. The first-order chi connectivity index (χ1) is 20.4. The molecule has 0 spiro atoms. The maximum absolute atomic E-state index is 13.5. The van der Waals surface area contributed by atoms with Crippen molar-refractivity contribution < 1.29 is 19.1 Å². The van der Waals surface area contributed by atoms with Gasteiger partial charge in [0.1, 0.15) is 22.5 Å². The van der Waals surface area contributed by atoms with E-state index in [-0.39, 0.29) is 23.8 Å². The minimum Gasteiger partial charge on any atom is -0.494 e. The molecule has 1 aliphatic carbocycles. The summed E-state index contributed by atoms with van der Waals surface area (Å²) < 4.78 is 16.1. The number of hydrogen-bond donors (Lipinski definition) is 2. The summed E-state index contributed by atoms with van der Waals surface area (Å²) in [5, 5.41) is 8.94. The van der Waals surface area contributed by atoms with Crippen LogP contribution in [0.2, 0.25) is 0 Å². The van der Waals surface area contributed by atoms with Crippen LogP contribution in [0, 0.1) is 18.8 Å². The van der Waals surface area contributed by atoms with Gasteiger partial charge in [0, 0.05) is 67.9 Å². The van der Waals surface area contributed by atoms with Crippen LogP contribution >= 0.6 is 0 Å². The third-order valence-electron chi connectivity index (χ3n) is 8.81. The van der Waals surface area contributed by atoms with Crippen molar-refractivity contribution in [3.05, 3.63) is 41.7 Å². The number of carbonyl (C=O) groups excluding carboxylic acids is 2. The second-order valence-corrected chi connectivity index (χ2v) is 12.0. The fourth-order valence-electron chi connectivity index (χ4n) is 6.39. The van der Waals surface area contributed by atoms with E-state index in [9.17, 15) is 9.59 Å². The van der Waals surface area contributed by atoms with Crippen molar-refractivity contribution in [1.29, 1.82) is 0 Å². The van der Waals surface area contributed by atoms with Gasteiger partial charge in [-0.05, 0) is 56.7 Å². The first-order valence-corrected chi connectivity index (χ1v) is 14.9. The molecule has 2 atom stereocenters. The summed E-state index contributed by atoms with van der Waals surface area (Å²) in [6, 6.07) is 5.96. The lowest BCUT2D eigenvalue weighted by atomic mass is 10.1. The van der Waals surface area contributed by atoms with Gasteiger partial charge in [-0.1, -0.05) is 0 Å². The Labute approximate surface area is 244 Å². The predicted molar refractivity (Wildman–Crippen MR) is 158 cm³/mol. The molecular weight excluding hydrogens is 534 g/mol. The van der Waals surface area contributed by atoms with Gasteiger partial charge in [-0.25, -0.2) is 9.50 Å². The number of piperidine rings is 1. The normalized spacial score (nSPS) is 20.8. The Morgan fingerprint density at radius 1 is 1.19 bits per heavy atom. The van der Waals surface area contributed by atoms with E-state index in [0.29, 0.717) is 55.8 Å². The quantitative estimate of drug-likeness (QED) is 0.332. The van der Waals surface area contributed by atoms with Crippen LogP contribution in [0.5, 0.6) is 11.6 Å². The highest BCUT2D eigenvalue weighted by atomic mass is 16.5. The lowest BCUT2D eigenvalue weighted by Crippen LogP contribution is -2.45. The Bertz CT molecular complexity index is 1690. The number of amides is 2. The molecule has 220 valence electrons.